The van der Waals surface area contributed by atoms with Crippen molar-refractivity contribution in [2.75, 3.05) is 23.8 Å². The molecular weight excluding hydrogens is 332 g/mol. The van der Waals surface area contributed by atoms with Gasteiger partial charge in [0.05, 0.1) is 11.1 Å². The van der Waals surface area contributed by atoms with Crippen LogP contribution in [0.4, 0.5) is 11.4 Å². The first kappa shape index (κ1) is 17.8. The molecule has 2 aromatic carbocycles. The van der Waals surface area contributed by atoms with Crippen LogP contribution in [0.1, 0.15) is 19.4 Å². The molecule has 0 unspecified atom stereocenters. The minimum Gasteiger partial charge on any atom is -0.490 e. The lowest BCUT2D eigenvalue weighted by atomic mass is 9.94. The molecule has 0 aromatic heterocycles. The van der Waals surface area contributed by atoms with Crippen LogP contribution in [-0.2, 0) is 9.59 Å². The summed E-state index contributed by atoms with van der Waals surface area (Å²) in [5.74, 6) is 0.838. The number of hydrogen-bond donors (Lipinski definition) is 2. The largest absolute Gasteiger partial charge is 0.490 e. The minimum atomic E-state index is -0.621. The molecule has 1 aliphatic rings. The van der Waals surface area contributed by atoms with Gasteiger partial charge < -0.3 is 20.1 Å². The van der Waals surface area contributed by atoms with Gasteiger partial charge in [-0.2, -0.15) is 0 Å². The molecule has 0 bridgehead atoms. The molecule has 0 spiro atoms. The fraction of sp³-hybridized carbons (Fsp3) is 0.300. The van der Waals surface area contributed by atoms with Crippen LogP contribution in [0.3, 0.4) is 0 Å². The molecule has 0 saturated heterocycles. The number of carbonyl (C=O) groups is 2. The van der Waals surface area contributed by atoms with Crippen LogP contribution in [-0.4, -0.2) is 25.0 Å². The highest BCUT2D eigenvalue weighted by molar-refractivity contribution is 5.98. The van der Waals surface area contributed by atoms with Crippen molar-refractivity contribution in [2.45, 2.75) is 20.8 Å². The van der Waals surface area contributed by atoms with Gasteiger partial charge in [0.15, 0.2) is 6.61 Å². The topological polar surface area (TPSA) is 76.7 Å². The normalized spacial score (nSPS) is 15.1. The smallest absolute Gasteiger partial charge is 0.262 e. The highest BCUT2D eigenvalue weighted by atomic mass is 16.5. The second-order valence-corrected chi connectivity index (χ2v) is 6.94. The van der Waals surface area contributed by atoms with Crippen molar-refractivity contribution < 1.29 is 19.1 Å². The molecule has 6 heteroatoms. The van der Waals surface area contributed by atoms with Gasteiger partial charge in [0.1, 0.15) is 18.1 Å². The van der Waals surface area contributed by atoms with Crippen molar-refractivity contribution in [1.29, 1.82) is 0 Å². The van der Waals surface area contributed by atoms with Gasteiger partial charge in [-0.3, -0.25) is 9.59 Å². The number of amides is 2. The monoisotopic (exact) mass is 354 g/mol. The summed E-state index contributed by atoms with van der Waals surface area (Å²) in [4.78, 5) is 24.3. The molecular formula is C20H22N2O4. The second-order valence-electron chi connectivity index (χ2n) is 6.94. The van der Waals surface area contributed by atoms with Crippen LogP contribution in [0.15, 0.2) is 42.5 Å². The first-order chi connectivity index (χ1) is 12.3. The van der Waals surface area contributed by atoms with E-state index in [9.17, 15) is 9.59 Å². The molecule has 0 radical (unpaired) electrons. The first-order valence-electron chi connectivity index (χ1n) is 8.42. The predicted molar refractivity (Wildman–Crippen MR) is 99.7 cm³/mol. The number of nitrogens with one attached hydrogen (secondary N) is 2. The Labute approximate surface area is 152 Å². The van der Waals surface area contributed by atoms with E-state index in [1.165, 1.54) is 0 Å². The van der Waals surface area contributed by atoms with Crippen molar-refractivity contribution in [1.82, 2.24) is 0 Å². The van der Waals surface area contributed by atoms with Crippen LogP contribution in [0.25, 0.3) is 0 Å². The zero-order valence-electron chi connectivity index (χ0n) is 15.1. The molecule has 2 amide bonds. The molecule has 1 heterocycles. The summed E-state index contributed by atoms with van der Waals surface area (Å²) in [5, 5.41) is 5.62. The van der Waals surface area contributed by atoms with E-state index in [-0.39, 0.29) is 25.0 Å². The summed E-state index contributed by atoms with van der Waals surface area (Å²) in [6, 6.07) is 12.6. The SMILES string of the molecule is Cc1ccccc1OCC(=O)Nc1ccc2c(c1)OCC(C)(C)C(=O)N2. The van der Waals surface area contributed by atoms with Gasteiger partial charge in [-0.25, -0.2) is 0 Å². The fourth-order valence-corrected chi connectivity index (χ4v) is 2.50. The van der Waals surface area contributed by atoms with Crippen molar-refractivity contribution in [3.05, 3.63) is 48.0 Å². The Morgan fingerprint density at radius 3 is 2.81 bits per heavy atom. The van der Waals surface area contributed by atoms with E-state index in [1.807, 2.05) is 45.0 Å². The molecule has 0 aliphatic carbocycles. The lowest BCUT2D eigenvalue weighted by Crippen LogP contribution is -2.33. The Hall–Kier alpha value is -3.02. The second kappa shape index (κ2) is 7.07. The quantitative estimate of drug-likeness (QED) is 0.883. The third-order valence-corrected chi connectivity index (χ3v) is 4.17. The van der Waals surface area contributed by atoms with Gasteiger partial charge in [-0.15, -0.1) is 0 Å². The number of benzene rings is 2. The van der Waals surface area contributed by atoms with E-state index in [2.05, 4.69) is 10.6 Å². The van der Waals surface area contributed by atoms with E-state index in [4.69, 9.17) is 9.47 Å². The summed E-state index contributed by atoms with van der Waals surface area (Å²) in [5.41, 5.74) is 1.52. The van der Waals surface area contributed by atoms with Crippen molar-refractivity contribution in [3.63, 3.8) is 0 Å². The number of para-hydroxylation sites is 1. The molecule has 2 N–H and O–H groups in total. The maximum absolute atomic E-state index is 12.1. The summed E-state index contributed by atoms with van der Waals surface area (Å²) in [7, 11) is 0. The molecule has 3 rings (SSSR count). The Morgan fingerprint density at radius 1 is 1.27 bits per heavy atom. The average Bonchev–Trinajstić information content (AvgIpc) is 2.71. The third kappa shape index (κ3) is 3.96. The number of rotatable bonds is 4. The van der Waals surface area contributed by atoms with E-state index in [0.717, 1.165) is 5.56 Å². The van der Waals surface area contributed by atoms with E-state index in [0.29, 0.717) is 22.9 Å². The summed E-state index contributed by atoms with van der Waals surface area (Å²) in [6.45, 7) is 5.73. The van der Waals surface area contributed by atoms with Crippen LogP contribution in [0, 0.1) is 12.3 Å². The molecule has 0 fully saturated rings. The van der Waals surface area contributed by atoms with Gasteiger partial charge in [-0.05, 0) is 44.5 Å². The number of aryl methyl sites for hydroxylation is 1. The average molecular weight is 354 g/mol. The highest BCUT2D eigenvalue weighted by Crippen LogP contribution is 2.34. The van der Waals surface area contributed by atoms with Gasteiger partial charge in [0, 0.05) is 11.8 Å². The molecule has 1 aliphatic heterocycles. The zero-order valence-corrected chi connectivity index (χ0v) is 15.1. The Bertz CT molecular complexity index is 845. The summed E-state index contributed by atoms with van der Waals surface area (Å²) >= 11 is 0. The molecule has 6 nitrogen and oxygen atoms in total. The minimum absolute atomic E-state index is 0.0907. The van der Waals surface area contributed by atoms with E-state index in [1.54, 1.807) is 18.2 Å². The number of fused-ring (bicyclic) bond motifs is 1. The molecule has 26 heavy (non-hydrogen) atoms. The standard InChI is InChI=1S/C20H22N2O4/c1-13-6-4-5-7-16(13)25-11-18(23)21-14-8-9-15-17(10-14)26-12-20(2,3)19(24)22-15/h4-10H,11-12H2,1-3H3,(H,21,23)(H,22,24). The predicted octanol–water partition coefficient (Wildman–Crippen LogP) is 3.37. The van der Waals surface area contributed by atoms with Crippen LogP contribution in [0.2, 0.25) is 0 Å². The first-order valence-corrected chi connectivity index (χ1v) is 8.42. The van der Waals surface area contributed by atoms with E-state index < -0.39 is 5.41 Å². The lowest BCUT2D eigenvalue weighted by Gasteiger charge is -2.18. The highest BCUT2D eigenvalue weighted by Gasteiger charge is 2.32. The summed E-state index contributed by atoms with van der Waals surface area (Å²) < 4.78 is 11.3. The summed E-state index contributed by atoms with van der Waals surface area (Å²) in [6.07, 6.45) is 0. The fourth-order valence-electron chi connectivity index (χ4n) is 2.50. The molecule has 2 aromatic rings. The van der Waals surface area contributed by atoms with Gasteiger partial charge in [-0.1, -0.05) is 18.2 Å². The van der Waals surface area contributed by atoms with Gasteiger partial charge in [0.2, 0.25) is 5.91 Å². The Kier molecular flexibility index (Phi) is 4.84. The van der Waals surface area contributed by atoms with Crippen molar-refractivity contribution >= 4 is 23.2 Å². The number of hydrogen-bond acceptors (Lipinski definition) is 4. The lowest BCUT2D eigenvalue weighted by molar-refractivity contribution is -0.125. The van der Waals surface area contributed by atoms with E-state index >= 15 is 0 Å². The number of anilines is 2. The molecule has 136 valence electrons. The zero-order chi connectivity index (χ0) is 18.7. The van der Waals surface area contributed by atoms with Crippen molar-refractivity contribution in [3.8, 4) is 11.5 Å². The van der Waals surface area contributed by atoms with Crippen LogP contribution < -0.4 is 20.1 Å². The third-order valence-electron chi connectivity index (χ3n) is 4.17. The van der Waals surface area contributed by atoms with Crippen LogP contribution >= 0.6 is 0 Å². The van der Waals surface area contributed by atoms with Gasteiger partial charge in [0.25, 0.3) is 5.91 Å². The maximum Gasteiger partial charge on any atom is 0.262 e. The Morgan fingerprint density at radius 2 is 2.04 bits per heavy atom. The van der Waals surface area contributed by atoms with Gasteiger partial charge >= 0.3 is 0 Å². The van der Waals surface area contributed by atoms with Crippen LogP contribution in [0.5, 0.6) is 11.5 Å². The maximum atomic E-state index is 12.1. The molecule has 0 atom stereocenters. The molecule has 0 saturated carbocycles. The number of ether oxygens (including phenoxy) is 2. The Balaban J connectivity index is 1.64. The van der Waals surface area contributed by atoms with Crippen molar-refractivity contribution in [2.24, 2.45) is 5.41 Å². The number of carbonyl (C=O) groups excluding carboxylic acids is 2.